The van der Waals surface area contributed by atoms with Crippen molar-refractivity contribution in [1.29, 1.82) is 0 Å². The van der Waals surface area contributed by atoms with Crippen LogP contribution in [0.3, 0.4) is 0 Å². The van der Waals surface area contributed by atoms with Crippen LogP contribution < -0.4 is 35.5 Å². The summed E-state index contributed by atoms with van der Waals surface area (Å²) < 4.78 is 41.6. The Bertz CT molecular complexity index is 4910. The van der Waals surface area contributed by atoms with Crippen molar-refractivity contribution in [1.82, 2.24) is 39.5 Å². The highest BCUT2D eigenvalue weighted by atomic mass is 16.5. The van der Waals surface area contributed by atoms with Crippen LogP contribution in [0, 0.1) is 0 Å². The van der Waals surface area contributed by atoms with Crippen LogP contribution in [-0.4, -0.2) is 223 Å². The first kappa shape index (κ1) is 95.6. The predicted octanol–water partition coefficient (Wildman–Crippen LogP) is 16.6. The van der Waals surface area contributed by atoms with Crippen LogP contribution in [0.1, 0.15) is 238 Å². The molecule has 131 heavy (non-hydrogen) atoms. The number of nitrogens with zero attached hydrogens (tertiary/aromatic N) is 8. The van der Waals surface area contributed by atoms with Crippen molar-refractivity contribution in [3.05, 3.63) is 217 Å². The summed E-state index contributed by atoms with van der Waals surface area (Å²) in [5, 5.41) is 33.7. The molecule has 4 fully saturated rings. The van der Waals surface area contributed by atoms with E-state index in [0.717, 1.165) is 330 Å². The predicted molar refractivity (Wildman–Crippen MR) is 512 cm³/mol. The van der Waals surface area contributed by atoms with Crippen molar-refractivity contribution >= 4 is 46.8 Å². The molecular formula is C106H140N12O13. The SMILES string of the molecule is CCOc1ccccc1C(C(C)=O)N1CC[C@@H](OCCCCc2ccc3c(n2)NCCC3)C1.COc1ccccc1C(C(C)=O)N1CC[C@@H](OCCCCc2ccc3c(n2)NCCC3)C1.O=C(O)[C@@H](c1cccc2c1CCO2)N1CC[C@@H](OCCCCc2ccc3c(n2)NCCC3)C1.O=C(O)[C@H](c1cccc2c1CCC2)N1CC[C@@H](OCCCCc2ccc3c(n2)NCCC3)C1. The lowest BCUT2D eigenvalue weighted by molar-refractivity contribution is -0.144. The second-order valence-corrected chi connectivity index (χ2v) is 36.8. The molecule has 0 radical (unpaired) electrons. The summed E-state index contributed by atoms with van der Waals surface area (Å²) in [6.45, 7) is 19.7. The molecule has 0 bridgehead atoms. The molecule has 0 saturated carbocycles. The van der Waals surface area contributed by atoms with Gasteiger partial charge in [-0.1, -0.05) is 91.0 Å². The molecule has 0 spiro atoms. The van der Waals surface area contributed by atoms with Crippen LogP contribution in [0.5, 0.6) is 17.2 Å². The fraction of sp³-hybridized carbons (Fsp3) is 0.547. The number of methoxy groups -OCH3 is 1. The molecule has 2 unspecified atom stereocenters. The number of benzene rings is 4. The summed E-state index contributed by atoms with van der Waals surface area (Å²) in [4.78, 5) is 77.2. The van der Waals surface area contributed by atoms with Crippen molar-refractivity contribution in [3.63, 3.8) is 0 Å². The number of aromatic nitrogens is 4. The minimum atomic E-state index is -0.803. The number of pyridine rings is 4. The first-order chi connectivity index (χ1) is 64.2. The molecule has 10 aliphatic rings. The Labute approximate surface area is 775 Å². The van der Waals surface area contributed by atoms with Crippen molar-refractivity contribution < 1.29 is 62.5 Å². The molecule has 0 amide bonds. The standard InChI is InChI=1S/C27H35N3O3.C27H37N3O3.C26H33N3O4.C26H35N3O3/c31-27(32)25(24-11-4-7-19-6-3-10-23(19)24)30-16-14-22(18-30)33-17-2-1-9-21-13-12-20-8-5-15-28-26(20)29-21;1-3-32-25-12-5-4-11-24(25)26(20(2)31)30-17-15-23(19-30)33-18-7-6-10-22-14-13-21-9-8-16-28-27(21)29-22;30-26(31)24(22-7-3-8-23-21(22)12-16-33-23)29-14-11-20(17-29)32-15-2-1-6-19-10-9-18-5-4-13-27-25(18)28-19;1-19(30)25(23-10-3-4-11-24(23)31-2)29-16-14-22(18-29)32-17-6-5-9-21-13-12-20-8-7-15-27-26(20)28-21/h4,7,11-13,22,25H,1-3,5-6,8-10,14-18H2,(H,28,29)(H,31,32);4-5,11-14,23,26H,3,6-10,15-19H2,1-2H3,(H,28,29);3,7-10,20,24H,1-2,4-6,11-17H2,(H,27,28)(H,30,31);3-4,10-13,22,25H,5-9,14-18H2,1-2H3,(H,27,28)/t22-,25+;23-,26?;20-,24-;22-,25?/m1111/s1. The van der Waals surface area contributed by atoms with Gasteiger partial charge < -0.3 is 64.6 Å². The van der Waals surface area contributed by atoms with Crippen LogP contribution in [-0.2, 0) is 109 Å². The Morgan fingerprint density at radius 2 is 0.740 bits per heavy atom. The van der Waals surface area contributed by atoms with Gasteiger partial charge in [0.05, 0.1) is 56.8 Å². The number of unbranched alkanes of at least 4 members (excludes halogenated alkanes) is 4. The molecule has 4 saturated heterocycles. The molecule has 1 aliphatic carbocycles. The molecule has 8 atom stereocenters. The number of nitrogens with one attached hydrogen (secondary N) is 4. The maximum absolute atomic E-state index is 12.6. The van der Waals surface area contributed by atoms with E-state index in [1.807, 2.05) is 90.7 Å². The number of carbonyl (C=O) groups excluding carboxylic acids is 2. The monoisotopic (exact) mass is 1790 g/mol. The molecule has 25 heteroatoms. The Kier molecular flexibility index (Phi) is 35.5. The van der Waals surface area contributed by atoms with Crippen molar-refractivity contribution in [2.24, 2.45) is 0 Å². The first-order valence-electron chi connectivity index (χ1n) is 49.2. The summed E-state index contributed by atoms with van der Waals surface area (Å²) in [6.07, 6.45) is 29.6. The highest BCUT2D eigenvalue weighted by molar-refractivity contribution is 5.84. The van der Waals surface area contributed by atoms with Gasteiger partial charge in [-0.3, -0.25) is 38.8 Å². The summed E-state index contributed by atoms with van der Waals surface area (Å²) >= 11 is 0. The van der Waals surface area contributed by atoms with Gasteiger partial charge in [0.1, 0.15) is 52.6 Å². The molecular weight excluding hydrogens is 1650 g/mol. The number of carboxylic acid groups (broad SMARTS) is 2. The summed E-state index contributed by atoms with van der Waals surface area (Å²) in [5.74, 6) is 5.41. The van der Waals surface area contributed by atoms with Crippen LogP contribution in [0.4, 0.5) is 23.3 Å². The van der Waals surface area contributed by atoms with Crippen LogP contribution >= 0.6 is 0 Å². The van der Waals surface area contributed by atoms with E-state index in [1.54, 1.807) is 21.0 Å². The maximum Gasteiger partial charge on any atom is 0.325 e. The van der Waals surface area contributed by atoms with E-state index in [2.05, 4.69) is 90.6 Å². The van der Waals surface area contributed by atoms with Crippen molar-refractivity contribution in [3.8, 4) is 17.2 Å². The van der Waals surface area contributed by atoms with Gasteiger partial charge in [-0.2, -0.15) is 0 Å². The molecule has 18 rings (SSSR count). The van der Waals surface area contributed by atoms with Gasteiger partial charge in [0.15, 0.2) is 11.6 Å². The number of fused-ring (bicyclic) bond motifs is 6. The van der Waals surface area contributed by atoms with E-state index < -0.39 is 24.0 Å². The molecule has 4 aromatic heterocycles. The summed E-state index contributed by atoms with van der Waals surface area (Å²) in [6, 6.07) is 43.4. The number of Topliss-reactive ketones (excluding diaryl/α,β-unsaturated/α-hetero) is 2. The summed E-state index contributed by atoms with van der Waals surface area (Å²) in [7, 11) is 1.65. The lowest BCUT2D eigenvalue weighted by atomic mass is 9.96. The average Bonchev–Trinajstić information content (AvgIpc) is 1.65. The molecule has 9 aliphatic heterocycles. The van der Waals surface area contributed by atoms with E-state index in [1.165, 1.54) is 59.1 Å². The van der Waals surface area contributed by atoms with Crippen molar-refractivity contribution in [2.45, 2.75) is 249 Å². The van der Waals surface area contributed by atoms with E-state index in [4.69, 9.17) is 53.1 Å². The van der Waals surface area contributed by atoms with Gasteiger partial charge >= 0.3 is 11.9 Å². The van der Waals surface area contributed by atoms with Gasteiger partial charge in [-0.25, -0.2) is 19.9 Å². The van der Waals surface area contributed by atoms with E-state index >= 15 is 0 Å². The molecule has 8 aromatic rings. The van der Waals surface area contributed by atoms with E-state index in [9.17, 15) is 29.4 Å². The number of ether oxygens (including phenoxy) is 7. The lowest BCUT2D eigenvalue weighted by Crippen LogP contribution is -2.34. The van der Waals surface area contributed by atoms with Gasteiger partial charge in [-0.15, -0.1) is 0 Å². The van der Waals surface area contributed by atoms with Crippen LogP contribution in [0.15, 0.2) is 133 Å². The Morgan fingerprint density at radius 3 is 1.12 bits per heavy atom. The quantitative estimate of drug-likeness (QED) is 0.0195. The Morgan fingerprint density at radius 1 is 0.389 bits per heavy atom. The molecule has 4 aromatic carbocycles. The van der Waals surface area contributed by atoms with Gasteiger partial charge in [0, 0.05) is 151 Å². The first-order valence-corrected chi connectivity index (χ1v) is 49.2. The number of hydrogen-bond acceptors (Lipinski definition) is 23. The Hall–Kier alpha value is -9.96. The normalized spacial score (nSPS) is 19.9. The van der Waals surface area contributed by atoms with Gasteiger partial charge in [-0.05, 0) is 281 Å². The number of ketones is 2. The topological polar surface area (TPSA) is 286 Å². The number of carboxylic acids is 2. The number of likely N-dealkylation sites (tertiary alicyclic amines) is 4. The molecule has 6 N–H and O–H groups in total. The number of carbonyl (C=O) groups is 4. The van der Waals surface area contributed by atoms with Gasteiger partial charge in [0.2, 0.25) is 0 Å². The Balaban J connectivity index is 0.000000134. The van der Waals surface area contributed by atoms with Crippen LogP contribution in [0.2, 0.25) is 0 Å². The third-order valence-corrected chi connectivity index (χ3v) is 27.4. The molecule has 13 heterocycles. The van der Waals surface area contributed by atoms with Crippen LogP contribution in [0.25, 0.3) is 0 Å². The number of para-hydroxylation sites is 2. The fourth-order valence-electron chi connectivity index (χ4n) is 20.8. The second-order valence-electron chi connectivity index (χ2n) is 36.8. The second kappa shape index (κ2) is 48.6. The molecule has 702 valence electrons. The highest BCUT2D eigenvalue weighted by Gasteiger charge is 2.40. The minimum absolute atomic E-state index is 0.0888. The average molecular weight is 1790 g/mol. The summed E-state index contributed by atoms with van der Waals surface area (Å²) in [5.41, 5.74) is 17.3. The maximum atomic E-state index is 12.6. The fourth-order valence-corrected chi connectivity index (χ4v) is 20.8. The lowest BCUT2D eigenvalue weighted by Gasteiger charge is -2.27. The third-order valence-electron chi connectivity index (χ3n) is 27.4. The zero-order valence-electron chi connectivity index (χ0n) is 77.8. The number of rotatable bonds is 39. The smallest absolute Gasteiger partial charge is 0.325 e. The van der Waals surface area contributed by atoms with Gasteiger partial charge in [0.25, 0.3) is 0 Å². The van der Waals surface area contributed by atoms with E-state index in [-0.39, 0.29) is 48.1 Å². The zero-order chi connectivity index (χ0) is 90.6. The van der Waals surface area contributed by atoms with Crippen molar-refractivity contribution in [2.75, 3.05) is 147 Å². The largest absolute Gasteiger partial charge is 0.496 e. The molecule has 25 nitrogen and oxygen atoms in total. The zero-order valence-corrected chi connectivity index (χ0v) is 77.8. The number of aryl methyl sites for hydroxylation is 9. The third kappa shape index (κ3) is 26.1. The number of hydrogen-bond donors (Lipinski definition) is 6. The highest BCUT2D eigenvalue weighted by Crippen LogP contribution is 2.40. The number of aliphatic carboxylic acids is 2. The van der Waals surface area contributed by atoms with E-state index in [0.29, 0.717) is 32.9 Å². The minimum Gasteiger partial charge on any atom is -0.496 e. The number of anilines is 4.